The molecule has 5 nitrogen and oxygen atoms in total. The minimum atomic E-state index is -0.989. The van der Waals surface area contributed by atoms with Gasteiger partial charge in [0.2, 0.25) is 0 Å². The predicted octanol–water partition coefficient (Wildman–Crippen LogP) is 2.66. The number of carbonyl (C=O) groups is 2. The van der Waals surface area contributed by atoms with Crippen LogP contribution in [0.15, 0.2) is 0 Å². The van der Waals surface area contributed by atoms with E-state index in [-0.39, 0.29) is 18.6 Å². The lowest BCUT2D eigenvalue weighted by Gasteiger charge is -2.40. The Bertz CT molecular complexity index is 319. The Morgan fingerprint density at radius 3 is 1.84 bits per heavy atom. The molecule has 0 radical (unpaired) electrons. The molecule has 0 heterocycles. The molecule has 0 aliphatic rings. The Balaban J connectivity index is 5.18. The van der Waals surface area contributed by atoms with Crippen LogP contribution in [0.2, 0.25) is 0 Å². The fraction of sp³-hybridized carbons (Fsp3) is 0.857. The highest BCUT2D eigenvalue weighted by atomic mass is 16.4. The topological polar surface area (TPSA) is 60.9 Å². The second-order valence-corrected chi connectivity index (χ2v) is 6.57. The lowest BCUT2D eigenvalue weighted by molar-refractivity contribution is -0.138. The van der Waals surface area contributed by atoms with Crippen LogP contribution in [-0.4, -0.2) is 51.6 Å². The molecule has 0 aromatic carbocycles. The van der Waals surface area contributed by atoms with Crippen molar-refractivity contribution in [2.45, 2.75) is 60.0 Å². The summed E-state index contributed by atoms with van der Waals surface area (Å²) in [5, 5.41) is 8.99. The van der Waals surface area contributed by atoms with Crippen LogP contribution in [0.3, 0.4) is 0 Å². The maximum atomic E-state index is 12.6. The second kappa shape index (κ2) is 6.78. The summed E-state index contributed by atoms with van der Waals surface area (Å²) in [6.07, 6.45) is 0. The normalized spacial score (nSPS) is 11.8. The predicted molar refractivity (Wildman–Crippen MR) is 76.2 cm³/mol. The van der Waals surface area contributed by atoms with Crippen LogP contribution in [0.1, 0.15) is 48.5 Å². The van der Waals surface area contributed by atoms with Crippen molar-refractivity contribution in [3.05, 3.63) is 0 Å². The van der Waals surface area contributed by atoms with Crippen molar-refractivity contribution in [2.75, 3.05) is 13.1 Å². The lowest BCUT2D eigenvalue weighted by atomic mass is 10.1. The van der Waals surface area contributed by atoms with Crippen molar-refractivity contribution < 1.29 is 14.7 Å². The van der Waals surface area contributed by atoms with Crippen molar-refractivity contribution in [2.24, 2.45) is 5.92 Å². The lowest BCUT2D eigenvalue weighted by Crippen LogP contribution is -2.55. The average Bonchev–Trinajstić information content (AvgIpc) is 2.19. The smallest absolute Gasteiger partial charge is 0.323 e. The van der Waals surface area contributed by atoms with E-state index in [2.05, 4.69) is 0 Å². The zero-order valence-corrected chi connectivity index (χ0v) is 13.2. The number of aliphatic carboxylic acids is 1. The van der Waals surface area contributed by atoms with Gasteiger partial charge in [0.1, 0.15) is 6.54 Å². The third-order valence-corrected chi connectivity index (χ3v) is 2.76. The number of rotatable bonds is 5. The maximum absolute atomic E-state index is 12.6. The second-order valence-electron chi connectivity index (χ2n) is 6.57. The van der Waals surface area contributed by atoms with Gasteiger partial charge in [0.25, 0.3) is 0 Å². The summed E-state index contributed by atoms with van der Waals surface area (Å²) >= 11 is 0. The molecule has 0 saturated carbocycles. The Kier molecular flexibility index (Phi) is 6.33. The van der Waals surface area contributed by atoms with Crippen LogP contribution in [0.4, 0.5) is 4.79 Å². The minimum absolute atomic E-state index is 0.0496. The first kappa shape index (κ1) is 17.7. The first-order valence-corrected chi connectivity index (χ1v) is 6.76. The van der Waals surface area contributed by atoms with Crippen molar-refractivity contribution in [3.63, 3.8) is 0 Å². The molecule has 0 aliphatic carbocycles. The summed E-state index contributed by atoms with van der Waals surface area (Å²) in [6, 6.07) is -0.160. The first-order chi connectivity index (χ1) is 8.46. The highest BCUT2D eigenvalue weighted by Gasteiger charge is 2.32. The molecule has 0 aromatic heterocycles. The zero-order chi connectivity index (χ0) is 15.4. The van der Waals surface area contributed by atoms with Gasteiger partial charge in [-0.3, -0.25) is 4.79 Å². The van der Waals surface area contributed by atoms with Crippen molar-refractivity contribution >= 4 is 12.0 Å². The van der Waals surface area contributed by atoms with E-state index in [1.54, 1.807) is 4.90 Å². The molecular formula is C14H28N2O3. The van der Waals surface area contributed by atoms with Crippen LogP contribution in [0.5, 0.6) is 0 Å². The summed E-state index contributed by atoms with van der Waals surface area (Å²) < 4.78 is 0. The quantitative estimate of drug-likeness (QED) is 0.837. The number of carbonyl (C=O) groups excluding carboxylic acids is 1. The van der Waals surface area contributed by atoms with Gasteiger partial charge in [-0.1, -0.05) is 13.8 Å². The SMILES string of the molecule is CC(C)CN(C(=O)N(CC(=O)O)C(C)(C)C)C(C)C. The molecule has 0 atom stereocenters. The van der Waals surface area contributed by atoms with E-state index < -0.39 is 11.5 Å². The van der Waals surface area contributed by atoms with Gasteiger partial charge < -0.3 is 14.9 Å². The largest absolute Gasteiger partial charge is 0.480 e. The van der Waals surface area contributed by atoms with Gasteiger partial charge in [-0.25, -0.2) is 4.79 Å². The molecule has 0 saturated heterocycles. The summed E-state index contributed by atoms with van der Waals surface area (Å²) in [6.45, 7) is 13.9. The summed E-state index contributed by atoms with van der Waals surface area (Å²) in [7, 11) is 0. The van der Waals surface area contributed by atoms with Crippen LogP contribution in [0.25, 0.3) is 0 Å². The van der Waals surface area contributed by atoms with E-state index in [1.165, 1.54) is 4.90 Å². The van der Waals surface area contributed by atoms with E-state index in [1.807, 2.05) is 48.5 Å². The summed E-state index contributed by atoms with van der Waals surface area (Å²) in [4.78, 5) is 26.7. The Hall–Kier alpha value is -1.26. The fourth-order valence-electron chi connectivity index (χ4n) is 1.79. The van der Waals surface area contributed by atoms with Gasteiger partial charge in [0, 0.05) is 18.1 Å². The maximum Gasteiger partial charge on any atom is 0.323 e. The Labute approximate surface area is 116 Å². The number of hydrogen-bond acceptors (Lipinski definition) is 2. The molecule has 0 aromatic rings. The van der Waals surface area contributed by atoms with Gasteiger partial charge in [0.05, 0.1) is 0 Å². The van der Waals surface area contributed by atoms with Gasteiger partial charge in [-0.2, -0.15) is 0 Å². The van der Waals surface area contributed by atoms with E-state index in [9.17, 15) is 9.59 Å². The summed E-state index contributed by atoms with van der Waals surface area (Å²) in [5.41, 5.74) is -0.514. The van der Waals surface area contributed by atoms with Crippen LogP contribution >= 0.6 is 0 Å². The highest BCUT2D eigenvalue weighted by molar-refractivity contribution is 5.81. The molecule has 1 N–H and O–H groups in total. The Morgan fingerprint density at radius 2 is 1.58 bits per heavy atom. The number of hydrogen-bond donors (Lipinski definition) is 1. The average molecular weight is 272 g/mol. The van der Waals surface area contributed by atoms with Gasteiger partial charge >= 0.3 is 12.0 Å². The molecule has 0 unspecified atom stereocenters. The summed E-state index contributed by atoms with van der Waals surface area (Å²) in [5.74, 6) is -0.644. The highest BCUT2D eigenvalue weighted by Crippen LogP contribution is 2.18. The van der Waals surface area contributed by atoms with Gasteiger partial charge in [-0.05, 0) is 40.5 Å². The zero-order valence-electron chi connectivity index (χ0n) is 13.2. The number of carboxylic acids is 1. The van der Waals surface area contributed by atoms with E-state index >= 15 is 0 Å². The minimum Gasteiger partial charge on any atom is -0.480 e. The van der Waals surface area contributed by atoms with Crippen LogP contribution in [0, 0.1) is 5.92 Å². The van der Waals surface area contributed by atoms with Crippen molar-refractivity contribution in [3.8, 4) is 0 Å². The Morgan fingerprint density at radius 1 is 1.11 bits per heavy atom. The monoisotopic (exact) mass is 272 g/mol. The number of amides is 2. The molecule has 2 amide bonds. The molecule has 0 bridgehead atoms. The van der Waals surface area contributed by atoms with Crippen LogP contribution in [-0.2, 0) is 4.79 Å². The molecule has 0 fully saturated rings. The third-order valence-electron chi connectivity index (χ3n) is 2.76. The number of carboxylic acid groups (broad SMARTS) is 1. The standard InChI is InChI=1S/C14H28N2O3/c1-10(2)8-15(11(3)4)13(19)16(9-12(17)18)14(5,6)7/h10-11H,8-9H2,1-7H3,(H,17,18). The molecule has 0 rings (SSSR count). The molecule has 0 spiro atoms. The van der Waals surface area contributed by atoms with Crippen LogP contribution < -0.4 is 0 Å². The molecule has 5 heteroatoms. The molecule has 0 aliphatic heterocycles. The fourth-order valence-corrected chi connectivity index (χ4v) is 1.79. The van der Waals surface area contributed by atoms with Crippen molar-refractivity contribution in [1.82, 2.24) is 9.80 Å². The van der Waals surface area contributed by atoms with Gasteiger partial charge in [-0.15, -0.1) is 0 Å². The molecule has 19 heavy (non-hydrogen) atoms. The number of urea groups is 1. The first-order valence-electron chi connectivity index (χ1n) is 6.76. The van der Waals surface area contributed by atoms with E-state index in [4.69, 9.17) is 5.11 Å². The van der Waals surface area contributed by atoms with E-state index in [0.717, 1.165) is 0 Å². The van der Waals surface area contributed by atoms with Crippen molar-refractivity contribution in [1.29, 1.82) is 0 Å². The third kappa shape index (κ3) is 5.94. The molecular weight excluding hydrogens is 244 g/mol. The van der Waals surface area contributed by atoms with Gasteiger partial charge in [0.15, 0.2) is 0 Å². The van der Waals surface area contributed by atoms with E-state index in [0.29, 0.717) is 12.5 Å². The molecule has 112 valence electrons. The number of nitrogens with zero attached hydrogens (tertiary/aromatic N) is 2.